The summed E-state index contributed by atoms with van der Waals surface area (Å²) in [6, 6.07) is 2.31. The molecule has 0 aromatic rings. The molecule has 0 aromatic heterocycles. The number of nitrogens with zero attached hydrogens (tertiary/aromatic N) is 1. The van der Waals surface area contributed by atoms with Crippen molar-refractivity contribution in [3.63, 3.8) is 0 Å². The zero-order valence-electron chi connectivity index (χ0n) is 9.92. The minimum Gasteiger partial charge on any atom is -0.396 e. The maximum Gasteiger partial charge on any atom is 0.113 e. The van der Waals surface area contributed by atoms with Crippen molar-refractivity contribution in [3.8, 4) is 6.07 Å². The zero-order chi connectivity index (χ0) is 11.7. The molecule has 2 N–H and O–H groups in total. The molecule has 4 heteroatoms. The molecule has 0 fully saturated rings. The lowest BCUT2D eigenvalue weighted by Gasteiger charge is -2.23. The number of nitriles is 1. The van der Waals surface area contributed by atoms with Gasteiger partial charge < -0.3 is 5.11 Å². The third kappa shape index (κ3) is 6.77. The minimum atomic E-state index is -0.435. The molecule has 0 heterocycles. The maximum absolute atomic E-state index is 9.06. The molecule has 2 atom stereocenters. The number of hydrogen-bond acceptors (Lipinski definition) is 4. The third-order valence-electron chi connectivity index (χ3n) is 2.12. The summed E-state index contributed by atoms with van der Waals surface area (Å²) in [5, 5.41) is 21.2. The lowest BCUT2D eigenvalue weighted by Crippen LogP contribution is -2.43. The fourth-order valence-electron chi connectivity index (χ4n) is 1.04. The van der Waals surface area contributed by atoms with Crippen molar-refractivity contribution in [3.05, 3.63) is 0 Å². The fraction of sp³-hybridized carbons (Fsp3) is 0.909. The fourth-order valence-corrected chi connectivity index (χ4v) is 2.24. The van der Waals surface area contributed by atoms with E-state index in [1.54, 1.807) is 11.8 Å². The van der Waals surface area contributed by atoms with Gasteiger partial charge in [-0.05, 0) is 31.6 Å². The number of nitrogens with one attached hydrogen (secondary N) is 1. The average Bonchev–Trinajstić information content (AvgIpc) is 2.26. The number of hydrogen-bond donors (Lipinski definition) is 2. The molecule has 0 aliphatic rings. The van der Waals surface area contributed by atoms with Crippen molar-refractivity contribution in [1.82, 2.24) is 5.32 Å². The van der Waals surface area contributed by atoms with Gasteiger partial charge in [-0.1, -0.05) is 13.8 Å². The molecule has 0 aliphatic carbocycles. The predicted octanol–water partition coefficient (Wildman–Crippen LogP) is 1.63. The molecule has 0 aromatic carbocycles. The molecule has 0 amide bonds. The van der Waals surface area contributed by atoms with Crippen LogP contribution in [0.5, 0.6) is 0 Å². The van der Waals surface area contributed by atoms with Gasteiger partial charge in [-0.2, -0.15) is 17.0 Å². The van der Waals surface area contributed by atoms with Crippen molar-refractivity contribution in [1.29, 1.82) is 5.26 Å². The van der Waals surface area contributed by atoms with E-state index >= 15 is 0 Å². The second-order valence-corrected chi connectivity index (χ2v) is 5.20. The minimum absolute atomic E-state index is 0.221. The average molecular weight is 230 g/mol. The first kappa shape index (κ1) is 14.8. The van der Waals surface area contributed by atoms with Crippen LogP contribution in [0, 0.1) is 17.2 Å². The molecule has 0 saturated heterocycles. The summed E-state index contributed by atoms with van der Waals surface area (Å²) in [6.45, 7) is 7.13. The second-order valence-electron chi connectivity index (χ2n) is 4.17. The van der Waals surface area contributed by atoms with Crippen molar-refractivity contribution in [2.75, 3.05) is 24.7 Å². The van der Waals surface area contributed by atoms with Crippen LogP contribution in [-0.4, -0.2) is 35.3 Å². The van der Waals surface area contributed by atoms with E-state index in [2.05, 4.69) is 18.3 Å². The lowest BCUT2D eigenvalue weighted by atomic mass is 10.1. The van der Waals surface area contributed by atoms with Crippen LogP contribution in [0.4, 0.5) is 0 Å². The van der Waals surface area contributed by atoms with E-state index < -0.39 is 5.54 Å². The van der Waals surface area contributed by atoms with E-state index in [4.69, 9.17) is 10.4 Å². The molecule has 2 unspecified atom stereocenters. The molecule has 88 valence electrons. The van der Waals surface area contributed by atoms with Crippen molar-refractivity contribution in [2.45, 2.75) is 32.7 Å². The first-order valence-electron chi connectivity index (χ1n) is 5.43. The van der Waals surface area contributed by atoms with E-state index in [1.807, 2.05) is 13.8 Å². The molecule has 0 rings (SSSR count). The third-order valence-corrected chi connectivity index (χ3v) is 3.70. The highest BCUT2D eigenvalue weighted by molar-refractivity contribution is 7.99. The molecule has 3 nitrogen and oxygen atoms in total. The summed E-state index contributed by atoms with van der Waals surface area (Å²) in [6.07, 6.45) is 1.04. The van der Waals surface area contributed by atoms with Gasteiger partial charge >= 0.3 is 0 Å². The van der Waals surface area contributed by atoms with Crippen molar-refractivity contribution < 1.29 is 5.11 Å². The maximum atomic E-state index is 9.06. The molecule has 15 heavy (non-hydrogen) atoms. The Morgan fingerprint density at radius 2 is 2.27 bits per heavy atom. The summed E-state index contributed by atoms with van der Waals surface area (Å²) in [5.41, 5.74) is -0.435. The van der Waals surface area contributed by atoms with Crippen LogP contribution in [0.15, 0.2) is 0 Å². The van der Waals surface area contributed by atoms with Crippen LogP contribution < -0.4 is 5.32 Å². The van der Waals surface area contributed by atoms with Gasteiger partial charge in [-0.3, -0.25) is 5.32 Å². The molecular weight excluding hydrogens is 208 g/mol. The number of aliphatic hydroxyl groups excluding tert-OH is 1. The van der Waals surface area contributed by atoms with Crippen molar-refractivity contribution >= 4 is 11.8 Å². The Hall–Kier alpha value is -0.240. The lowest BCUT2D eigenvalue weighted by molar-refractivity contribution is 0.250. The van der Waals surface area contributed by atoms with Crippen LogP contribution in [-0.2, 0) is 0 Å². The molecule has 0 saturated carbocycles. The Morgan fingerprint density at radius 1 is 1.60 bits per heavy atom. The van der Waals surface area contributed by atoms with Gasteiger partial charge in [-0.25, -0.2) is 0 Å². The standard InChI is InChI=1S/C11H22N2OS/c1-4-5-13-11(3,8-12)9-15-7-10(2)6-14/h10,13-14H,4-7,9H2,1-3H3. The Kier molecular flexibility index (Phi) is 7.85. The first-order valence-corrected chi connectivity index (χ1v) is 6.58. The smallest absolute Gasteiger partial charge is 0.113 e. The second kappa shape index (κ2) is 7.98. The van der Waals surface area contributed by atoms with Crippen LogP contribution in [0.2, 0.25) is 0 Å². The zero-order valence-corrected chi connectivity index (χ0v) is 10.7. The Balaban J connectivity index is 3.83. The van der Waals surface area contributed by atoms with Gasteiger partial charge in [0.15, 0.2) is 0 Å². The van der Waals surface area contributed by atoms with Gasteiger partial charge in [0.2, 0.25) is 0 Å². The normalized spacial score (nSPS) is 16.7. The molecule has 0 bridgehead atoms. The summed E-state index contributed by atoms with van der Waals surface area (Å²) in [4.78, 5) is 0. The molecule has 0 aliphatic heterocycles. The Morgan fingerprint density at radius 3 is 2.73 bits per heavy atom. The largest absolute Gasteiger partial charge is 0.396 e. The van der Waals surface area contributed by atoms with Gasteiger partial charge in [0.1, 0.15) is 5.54 Å². The van der Waals surface area contributed by atoms with Crippen LogP contribution in [0.1, 0.15) is 27.2 Å². The Labute approximate surface area is 97.2 Å². The monoisotopic (exact) mass is 230 g/mol. The van der Waals surface area contributed by atoms with Gasteiger partial charge in [0, 0.05) is 12.4 Å². The van der Waals surface area contributed by atoms with E-state index in [-0.39, 0.29) is 6.61 Å². The highest BCUT2D eigenvalue weighted by Crippen LogP contribution is 2.15. The quantitative estimate of drug-likeness (QED) is 0.665. The summed E-state index contributed by atoms with van der Waals surface area (Å²) >= 11 is 1.72. The van der Waals surface area contributed by atoms with Crippen LogP contribution in [0.25, 0.3) is 0 Å². The highest BCUT2D eigenvalue weighted by Gasteiger charge is 2.22. The highest BCUT2D eigenvalue weighted by atomic mass is 32.2. The van der Waals surface area contributed by atoms with E-state index in [0.29, 0.717) is 5.92 Å². The van der Waals surface area contributed by atoms with Gasteiger partial charge in [0.05, 0.1) is 6.07 Å². The topological polar surface area (TPSA) is 56.0 Å². The van der Waals surface area contributed by atoms with E-state index in [0.717, 1.165) is 24.5 Å². The van der Waals surface area contributed by atoms with Crippen LogP contribution >= 0.6 is 11.8 Å². The van der Waals surface area contributed by atoms with Gasteiger partial charge in [-0.15, -0.1) is 0 Å². The summed E-state index contributed by atoms with van der Waals surface area (Å²) in [5.74, 6) is 1.99. The number of rotatable bonds is 8. The number of thioether (sulfide) groups is 1. The van der Waals surface area contributed by atoms with Crippen molar-refractivity contribution in [2.24, 2.45) is 5.92 Å². The molecule has 0 spiro atoms. The van der Waals surface area contributed by atoms with Crippen LogP contribution in [0.3, 0.4) is 0 Å². The summed E-state index contributed by atoms with van der Waals surface area (Å²) < 4.78 is 0. The summed E-state index contributed by atoms with van der Waals surface area (Å²) in [7, 11) is 0. The Bertz CT molecular complexity index is 205. The van der Waals surface area contributed by atoms with Gasteiger partial charge in [0.25, 0.3) is 0 Å². The molecule has 0 radical (unpaired) electrons. The van der Waals surface area contributed by atoms with E-state index in [1.165, 1.54) is 0 Å². The number of aliphatic hydroxyl groups is 1. The molecular formula is C11H22N2OS. The predicted molar refractivity (Wildman–Crippen MR) is 65.9 cm³/mol. The van der Waals surface area contributed by atoms with E-state index in [9.17, 15) is 0 Å². The SMILES string of the molecule is CCCNC(C)(C#N)CSCC(C)CO. The first-order chi connectivity index (χ1) is 7.08.